The Morgan fingerprint density at radius 1 is 1.30 bits per heavy atom. The second-order valence-electron chi connectivity index (χ2n) is 2.49. The van der Waals surface area contributed by atoms with E-state index in [1.54, 1.807) is 0 Å². The molecule has 1 aromatic rings. The summed E-state index contributed by atoms with van der Waals surface area (Å²) in [7, 11) is 0. The van der Waals surface area contributed by atoms with Crippen LogP contribution in [-0.4, -0.2) is 6.54 Å². The van der Waals surface area contributed by atoms with Crippen LogP contribution in [0.25, 0.3) is 0 Å². The summed E-state index contributed by atoms with van der Waals surface area (Å²) in [4.78, 5) is 0. The fraction of sp³-hybridized carbons (Fsp3) is 0.333. The molecular weight excluding hydrogens is 122 g/mol. The monoisotopic (exact) mass is 133 g/mol. The number of rotatable bonds is 2. The van der Waals surface area contributed by atoms with Gasteiger partial charge in [0.25, 0.3) is 0 Å². The summed E-state index contributed by atoms with van der Waals surface area (Å²) in [6.45, 7) is 2.24. The first-order chi connectivity index (χ1) is 4.84. The van der Waals surface area contributed by atoms with Crippen molar-refractivity contribution in [2.45, 2.75) is 12.8 Å². The second-order valence-corrected chi connectivity index (χ2v) is 2.49. The van der Waals surface area contributed by atoms with Gasteiger partial charge in [-0.05, 0) is 11.5 Å². The predicted molar refractivity (Wildman–Crippen MR) is 41.9 cm³/mol. The number of hydrogen-bond acceptors (Lipinski definition) is 0. The van der Waals surface area contributed by atoms with Crippen molar-refractivity contribution in [1.82, 2.24) is 5.73 Å². The van der Waals surface area contributed by atoms with Crippen LogP contribution in [0.2, 0.25) is 0 Å². The Morgan fingerprint density at radius 2 is 1.90 bits per heavy atom. The van der Waals surface area contributed by atoms with Crippen LogP contribution in [0.3, 0.4) is 0 Å². The molecule has 1 atom stereocenters. The third-order valence-electron chi connectivity index (χ3n) is 1.64. The minimum absolute atomic E-state index is 0.226. The van der Waals surface area contributed by atoms with Gasteiger partial charge in [0.2, 0.25) is 0 Å². The topological polar surface area (TPSA) is 22.3 Å². The highest BCUT2D eigenvalue weighted by molar-refractivity contribution is 5.18. The maximum atomic E-state index is 8.79. The van der Waals surface area contributed by atoms with Crippen molar-refractivity contribution in [3.05, 3.63) is 35.9 Å². The molecule has 0 N–H and O–H groups in total. The smallest absolute Gasteiger partial charge is 0.0387 e. The lowest BCUT2D eigenvalue weighted by Gasteiger charge is -2.05. The number of nitrogens with zero attached hydrogens (tertiary/aromatic N) is 1. The highest BCUT2D eigenvalue weighted by Crippen LogP contribution is 2.11. The van der Waals surface area contributed by atoms with Crippen LogP contribution in [0.15, 0.2) is 30.3 Å². The Hall–Kier alpha value is -0.820. The lowest BCUT2D eigenvalue weighted by Crippen LogP contribution is -1.99. The molecule has 0 bridgehead atoms. The molecule has 1 unspecified atom stereocenters. The van der Waals surface area contributed by atoms with Crippen LogP contribution >= 0.6 is 0 Å². The molecule has 0 fully saturated rings. The van der Waals surface area contributed by atoms with Crippen LogP contribution in [0.5, 0.6) is 0 Å². The highest BCUT2D eigenvalue weighted by atomic mass is 14.5. The van der Waals surface area contributed by atoms with E-state index in [1.165, 1.54) is 5.56 Å². The van der Waals surface area contributed by atoms with E-state index >= 15 is 0 Å². The van der Waals surface area contributed by atoms with Gasteiger partial charge >= 0.3 is 0 Å². The van der Waals surface area contributed by atoms with E-state index in [-0.39, 0.29) is 12.5 Å². The van der Waals surface area contributed by atoms with Gasteiger partial charge in [-0.2, -0.15) is 0 Å². The number of hydrogen-bond donors (Lipinski definition) is 0. The molecule has 0 aliphatic rings. The van der Waals surface area contributed by atoms with Crippen molar-refractivity contribution < 1.29 is 0 Å². The maximum Gasteiger partial charge on any atom is 0.0387 e. The van der Waals surface area contributed by atoms with E-state index in [9.17, 15) is 0 Å². The molecule has 0 saturated heterocycles. The zero-order chi connectivity index (χ0) is 7.40. The minimum atomic E-state index is 0.226. The Kier molecular flexibility index (Phi) is 2.46. The van der Waals surface area contributed by atoms with Crippen LogP contribution in [0.4, 0.5) is 0 Å². The summed E-state index contributed by atoms with van der Waals surface area (Å²) in [5.41, 5.74) is 9.99. The Bertz CT molecular complexity index is 181. The van der Waals surface area contributed by atoms with Gasteiger partial charge < -0.3 is 0 Å². The van der Waals surface area contributed by atoms with E-state index in [0.717, 1.165) is 0 Å². The quantitative estimate of drug-likeness (QED) is 0.587. The summed E-state index contributed by atoms with van der Waals surface area (Å²) >= 11 is 0. The Morgan fingerprint density at radius 3 is 2.40 bits per heavy atom. The summed E-state index contributed by atoms with van der Waals surface area (Å²) in [6, 6.07) is 10.0. The van der Waals surface area contributed by atoms with E-state index in [2.05, 4.69) is 0 Å². The molecule has 0 spiro atoms. The van der Waals surface area contributed by atoms with Crippen LogP contribution < -0.4 is 5.73 Å². The molecule has 52 valence electrons. The predicted octanol–water partition coefficient (Wildman–Crippen LogP) is 1.86. The van der Waals surface area contributed by atoms with Gasteiger partial charge in [0.05, 0.1) is 0 Å². The third kappa shape index (κ3) is 1.58. The molecular formula is C9H11N. The molecule has 1 rings (SSSR count). The summed E-state index contributed by atoms with van der Waals surface area (Å²) in [5, 5.41) is 0. The van der Waals surface area contributed by atoms with Crippen LogP contribution in [0.1, 0.15) is 18.4 Å². The van der Waals surface area contributed by atoms with Gasteiger partial charge in [-0.15, -0.1) is 5.73 Å². The first kappa shape index (κ1) is 7.29. The van der Waals surface area contributed by atoms with E-state index in [0.29, 0.717) is 0 Å². The highest BCUT2D eigenvalue weighted by Gasteiger charge is 2.00. The molecule has 1 heteroatoms. The molecule has 0 heterocycles. The normalized spacial score (nSPS) is 13.0. The average molecular weight is 133 g/mol. The zero-order valence-electron chi connectivity index (χ0n) is 6.12. The van der Waals surface area contributed by atoms with Crippen molar-refractivity contribution in [2.75, 3.05) is 6.54 Å². The first-order valence-electron chi connectivity index (χ1n) is 3.50. The fourth-order valence-corrected chi connectivity index (χ4v) is 0.887. The third-order valence-corrected chi connectivity index (χ3v) is 1.64. The maximum absolute atomic E-state index is 8.79. The van der Waals surface area contributed by atoms with E-state index in [4.69, 9.17) is 5.73 Å². The average Bonchev–Trinajstić information content (AvgIpc) is 2.05. The van der Waals surface area contributed by atoms with E-state index in [1.807, 2.05) is 37.3 Å². The Labute approximate surface area is 61.9 Å². The summed E-state index contributed by atoms with van der Waals surface area (Å²) < 4.78 is 0. The van der Waals surface area contributed by atoms with Crippen molar-refractivity contribution in [3.63, 3.8) is 0 Å². The fourth-order valence-electron chi connectivity index (χ4n) is 0.887. The SMILES string of the molecule is CC(C[N])c1ccccc1. The molecule has 0 aromatic heterocycles. The van der Waals surface area contributed by atoms with Crippen molar-refractivity contribution >= 4 is 0 Å². The summed E-state index contributed by atoms with van der Waals surface area (Å²) in [6.07, 6.45) is 0. The molecule has 1 nitrogen and oxygen atoms in total. The Balaban J connectivity index is 2.75. The van der Waals surface area contributed by atoms with Crippen LogP contribution in [-0.2, 0) is 0 Å². The first-order valence-corrected chi connectivity index (χ1v) is 3.50. The zero-order valence-corrected chi connectivity index (χ0v) is 6.12. The van der Waals surface area contributed by atoms with Gasteiger partial charge in [0.15, 0.2) is 0 Å². The van der Waals surface area contributed by atoms with Crippen LogP contribution in [0, 0.1) is 0 Å². The molecule has 0 amide bonds. The van der Waals surface area contributed by atoms with Crippen molar-refractivity contribution in [1.29, 1.82) is 0 Å². The molecule has 0 saturated carbocycles. The van der Waals surface area contributed by atoms with E-state index < -0.39 is 0 Å². The van der Waals surface area contributed by atoms with Crippen molar-refractivity contribution in [2.24, 2.45) is 0 Å². The molecule has 2 radical (unpaired) electrons. The van der Waals surface area contributed by atoms with Gasteiger partial charge in [-0.1, -0.05) is 37.3 Å². The van der Waals surface area contributed by atoms with Gasteiger partial charge in [-0.25, -0.2) is 0 Å². The van der Waals surface area contributed by atoms with Gasteiger partial charge in [0.1, 0.15) is 0 Å². The minimum Gasteiger partial charge on any atom is -0.144 e. The standard InChI is InChI=1S/C9H11N/c1-8(7-10)9-5-3-2-4-6-9/h2-6,8H,7H2,1H3. The molecule has 1 aromatic carbocycles. The summed E-state index contributed by atoms with van der Waals surface area (Å²) in [5.74, 6) is 0.265. The molecule has 0 aliphatic carbocycles. The molecule has 10 heavy (non-hydrogen) atoms. The molecule has 0 aliphatic heterocycles. The van der Waals surface area contributed by atoms with Gasteiger partial charge in [-0.3, -0.25) is 0 Å². The number of benzene rings is 1. The van der Waals surface area contributed by atoms with Gasteiger partial charge in [0, 0.05) is 6.54 Å². The lowest BCUT2D eigenvalue weighted by atomic mass is 10.0. The largest absolute Gasteiger partial charge is 0.144 e. The lowest BCUT2D eigenvalue weighted by molar-refractivity contribution is 0.759. The van der Waals surface area contributed by atoms with Crippen molar-refractivity contribution in [3.8, 4) is 0 Å². The second kappa shape index (κ2) is 3.37.